The van der Waals surface area contributed by atoms with E-state index < -0.39 is 0 Å². The van der Waals surface area contributed by atoms with E-state index in [1.54, 1.807) is 0 Å². The van der Waals surface area contributed by atoms with Crippen LogP contribution in [0.3, 0.4) is 0 Å². The van der Waals surface area contributed by atoms with Crippen LogP contribution in [0.2, 0.25) is 0 Å². The van der Waals surface area contributed by atoms with Crippen molar-refractivity contribution < 1.29 is 14.3 Å². The Balaban J connectivity index is 2.06. The van der Waals surface area contributed by atoms with Gasteiger partial charge >= 0.3 is 5.97 Å². The Morgan fingerprint density at radius 3 is 2.50 bits per heavy atom. The second-order valence-corrected chi connectivity index (χ2v) is 5.23. The van der Waals surface area contributed by atoms with Crippen LogP contribution in [0.1, 0.15) is 43.7 Å². The highest BCUT2D eigenvalue weighted by atomic mass is 16.5. The van der Waals surface area contributed by atoms with Gasteiger partial charge in [0.05, 0.1) is 19.6 Å². The lowest BCUT2D eigenvalue weighted by atomic mass is 10.0. The second-order valence-electron chi connectivity index (χ2n) is 5.23. The normalized spacial score (nSPS) is 16.6. The van der Waals surface area contributed by atoms with Crippen molar-refractivity contribution in [1.82, 2.24) is 5.32 Å². The van der Waals surface area contributed by atoms with Crippen LogP contribution >= 0.6 is 0 Å². The van der Waals surface area contributed by atoms with E-state index in [-0.39, 0.29) is 30.3 Å². The molecule has 1 N–H and O–H groups in total. The highest BCUT2D eigenvalue weighted by Crippen LogP contribution is 2.26. The lowest BCUT2D eigenvalue weighted by molar-refractivity contribution is -0.141. The minimum Gasteiger partial charge on any atom is -0.469 e. The number of carbonyl (C=O) groups excluding carboxylic acids is 2. The Morgan fingerprint density at radius 2 is 1.90 bits per heavy atom. The van der Waals surface area contributed by atoms with Crippen LogP contribution in [0.4, 0.5) is 0 Å². The van der Waals surface area contributed by atoms with Crippen molar-refractivity contribution in [2.75, 3.05) is 7.11 Å². The molecule has 1 aromatic carbocycles. The summed E-state index contributed by atoms with van der Waals surface area (Å²) in [6, 6.07) is 9.25. The predicted molar refractivity (Wildman–Crippen MR) is 75.9 cm³/mol. The minimum absolute atomic E-state index is 0.0558. The number of esters is 1. The quantitative estimate of drug-likeness (QED) is 0.840. The van der Waals surface area contributed by atoms with Crippen LogP contribution in [0.25, 0.3) is 0 Å². The Morgan fingerprint density at radius 1 is 1.25 bits per heavy atom. The first-order valence-corrected chi connectivity index (χ1v) is 7.13. The van der Waals surface area contributed by atoms with Gasteiger partial charge in [-0.15, -0.1) is 0 Å². The largest absolute Gasteiger partial charge is 0.469 e. The molecular weight excluding hydrogens is 254 g/mol. The fourth-order valence-corrected chi connectivity index (χ4v) is 2.67. The second kappa shape index (κ2) is 7.08. The van der Waals surface area contributed by atoms with Gasteiger partial charge in [0.2, 0.25) is 5.91 Å². The van der Waals surface area contributed by atoms with Gasteiger partial charge in [-0.05, 0) is 18.4 Å². The van der Waals surface area contributed by atoms with Gasteiger partial charge in [0.25, 0.3) is 0 Å². The van der Waals surface area contributed by atoms with Gasteiger partial charge in [0.15, 0.2) is 0 Å². The number of benzene rings is 1. The Hall–Kier alpha value is -1.84. The molecule has 0 spiro atoms. The van der Waals surface area contributed by atoms with Crippen molar-refractivity contribution >= 4 is 11.9 Å². The van der Waals surface area contributed by atoms with Crippen LogP contribution in [0.15, 0.2) is 30.3 Å². The van der Waals surface area contributed by atoms with E-state index in [1.807, 2.05) is 30.3 Å². The average Bonchev–Trinajstić information content (AvgIpc) is 3.01. The van der Waals surface area contributed by atoms with E-state index in [9.17, 15) is 9.59 Å². The third kappa shape index (κ3) is 3.83. The van der Waals surface area contributed by atoms with E-state index >= 15 is 0 Å². The summed E-state index contributed by atoms with van der Waals surface area (Å²) in [5.74, 6) is -0.162. The third-order valence-corrected chi connectivity index (χ3v) is 3.84. The maximum absolute atomic E-state index is 12.2. The van der Waals surface area contributed by atoms with Crippen molar-refractivity contribution in [2.45, 2.75) is 38.1 Å². The number of methoxy groups -OCH3 is 1. The highest BCUT2D eigenvalue weighted by molar-refractivity contribution is 5.80. The first-order valence-electron chi connectivity index (χ1n) is 7.13. The van der Waals surface area contributed by atoms with Gasteiger partial charge < -0.3 is 10.1 Å². The molecule has 4 heteroatoms. The van der Waals surface area contributed by atoms with Gasteiger partial charge in [-0.3, -0.25) is 9.59 Å². The summed E-state index contributed by atoms with van der Waals surface area (Å²) in [6.45, 7) is 0. The van der Waals surface area contributed by atoms with Gasteiger partial charge in [-0.2, -0.15) is 0 Å². The molecule has 1 aliphatic carbocycles. The molecule has 1 fully saturated rings. The zero-order chi connectivity index (χ0) is 14.4. The molecule has 4 nitrogen and oxygen atoms in total. The molecule has 0 bridgehead atoms. The molecule has 20 heavy (non-hydrogen) atoms. The number of hydrogen-bond acceptors (Lipinski definition) is 3. The zero-order valence-electron chi connectivity index (χ0n) is 11.8. The van der Waals surface area contributed by atoms with E-state index in [1.165, 1.54) is 7.11 Å². The van der Waals surface area contributed by atoms with Crippen LogP contribution in [-0.2, 0) is 14.3 Å². The van der Waals surface area contributed by atoms with Crippen LogP contribution in [0.5, 0.6) is 0 Å². The summed E-state index contributed by atoms with van der Waals surface area (Å²) in [5, 5.41) is 3.00. The van der Waals surface area contributed by atoms with Gasteiger partial charge in [-0.25, -0.2) is 0 Å². The summed E-state index contributed by atoms with van der Waals surface area (Å²) in [7, 11) is 1.36. The van der Waals surface area contributed by atoms with Gasteiger partial charge in [0.1, 0.15) is 0 Å². The standard InChI is InChI=1S/C16H21NO3/c1-20-15(18)11-14(12-7-3-2-4-8-12)17-16(19)13-9-5-6-10-13/h2-4,7-8,13-14H,5-6,9-11H2,1H3,(H,17,19)/t14-/m0/s1. The molecule has 0 unspecified atom stereocenters. The summed E-state index contributed by atoms with van der Waals surface area (Å²) >= 11 is 0. The minimum atomic E-state index is -0.314. The van der Waals surface area contributed by atoms with Crippen molar-refractivity contribution in [3.8, 4) is 0 Å². The lowest BCUT2D eigenvalue weighted by Crippen LogP contribution is -2.34. The highest BCUT2D eigenvalue weighted by Gasteiger charge is 2.26. The molecule has 1 aromatic rings. The van der Waals surface area contributed by atoms with Crippen molar-refractivity contribution in [2.24, 2.45) is 5.92 Å². The molecule has 108 valence electrons. The summed E-state index contributed by atoms with van der Waals surface area (Å²) in [6.07, 6.45) is 4.30. The summed E-state index contributed by atoms with van der Waals surface area (Å²) in [5.41, 5.74) is 0.934. The van der Waals surface area contributed by atoms with E-state index in [0.717, 1.165) is 31.2 Å². The lowest BCUT2D eigenvalue weighted by Gasteiger charge is -2.20. The first-order chi connectivity index (χ1) is 9.70. The van der Waals surface area contributed by atoms with Crippen LogP contribution in [0, 0.1) is 5.92 Å². The maximum Gasteiger partial charge on any atom is 0.307 e. The van der Waals surface area contributed by atoms with Crippen LogP contribution < -0.4 is 5.32 Å². The molecule has 0 saturated heterocycles. The number of carbonyl (C=O) groups is 2. The van der Waals surface area contributed by atoms with E-state index in [4.69, 9.17) is 4.74 Å². The summed E-state index contributed by atoms with van der Waals surface area (Å²) < 4.78 is 4.72. The molecular formula is C16H21NO3. The Kier molecular flexibility index (Phi) is 5.16. The monoisotopic (exact) mass is 275 g/mol. The fourth-order valence-electron chi connectivity index (χ4n) is 2.67. The van der Waals surface area contributed by atoms with Crippen molar-refractivity contribution in [3.05, 3.63) is 35.9 Å². The molecule has 2 rings (SSSR count). The average molecular weight is 275 g/mol. The Bertz CT molecular complexity index is 452. The third-order valence-electron chi connectivity index (χ3n) is 3.84. The fraction of sp³-hybridized carbons (Fsp3) is 0.500. The smallest absolute Gasteiger partial charge is 0.307 e. The van der Waals surface area contributed by atoms with Gasteiger partial charge in [0, 0.05) is 5.92 Å². The number of nitrogens with one attached hydrogen (secondary N) is 1. The molecule has 1 aliphatic rings. The van der Waals surface area contributed by atoms with Crippen LogP contribution in [-0.4, -0.2) is 19.0 Å². The molecule has 0 aromatic heterocycles. The van der Waals surface area contributed by atoms with Crippen molar-refractivity contribution in [3.63, 3.8) is 0 Å². The molecule has 1 atom stereocenters. The Labute approximate surface area is 119 Å². The molecule has 0 radical (unpaired) electrons. The predicted octanol–water partition coefficient (Wildman–Crippen LogP) is 2.60. The maximum atomic E-state index is 12.2. The number of hydrogen-bond donors (Lipinski definition) is 1. The molecule has 1 amide bonds. The molecule has 0 aliphatic heterocycles. The van der Waals surface area contributed by atoms with E-state index in [0.29, 0.717) is 0 Å². The van der Waals surface area contributed by atoms with E-state index in [2.05, 4.69) is 5.32 Å². The summed E-state index contributed by atoms with van der Waals surface area (Å²) in [4.78, 5) is 23.8. The number of amides is 1. The van der Waals surface area contributed by atoms with Gasteiger partial charge in [-0.1, -0.05) is 43.2 Å². The number of ether oxygens (including phenoxy) is 1. The zero-order valence-corrected chi connectivity index (χ0v) is 11.8. The number of rotatable bonds is 5. The SMILES string of the molecule is COC(=O)C[C@H](NC(=O)C1CCCC1)c1ccccc1. The molecule has 0 heterocycles. The molecule has 1 saturated carbocycles. The first kappa shape index (κ1) is 14.6. The van der Waals surface area contributed by atoms with Crippen molar-refractivity contribution in [1.29, 1.82) is 0 Å². The topological polar surface area (TPSA) is 55.4 Å².